The molecule has 0 saturated carbocycles. The number of pyridine rings is 1. The molecule has 0 radical (unpaired) electrons. The molecule has 1 amide bonds. The van der Waals surface area contributed by atoms with Crippen LogP contribution in [-0.4, -0.2) is 32.0 Å². The number of hydrogen-bond donors (Lipinski definition) is 2. The molecule has 0 spiro atoms. The molecule has 0 atom stereocenters. The Balaban J connectivity index is 2.18. The Bertz CT molecular complexity index is 975. The number of hydrogen-bond acceptors (Lipinski definition) is 4. The number of amides is 1. The molecule has 150 valence electrons. The van der Waals surface area contributed by atoms with Crippen molar-refractivity contribution in [3.63, 3.8) is 0 Å². The third kappa shape index (κ3) is 5.56. The van der Waals surface area contributed by atoms with E-state index in [9.17, 15) is 26.4 Å². The van der Waals surface area contributed by atoms with Gasteiger partial charge >= 0.3 is 6.18 Å². The molecule has 0 aliphatic heterocycles. The van der Waals surface area contributed by atoms with Crippen molar-refractivity contribution in [2.45, 2.75) is 24.4 Å². The summed E-state index contributed by atoms with van der Waals surface area (Å²) in [6.45, 7) is 4.35. The van der Waals surface area contributed by atoms with Crippen LogP contribution in [0, 0.1) is 6.92 Å². The molecule has 0 unspecified atom stereocenters. The molecule has 0 saturated heterocycles. The summed E-state index contributed by atoms with van der Waals surface area (Å²) in [6.07, 6.45) is -2.38. The number of sulfonamides is 1. The van der Waals surface area contributed by atoms with E-state index in [1.165, 1.54) is 36.7 Å². The average Bonchev–Trinajstić information content (AvgIpc) is 2.61. The zero-order valence-corrected chi connectivity index (χ0v) is 15.7. The Morgan fingerprint density at radius 2 is 1.82 bits per heavy atom. The highest BCUT2D eigenvalue weighted by molar-refractivity contribution is 7.92. The molecule has 10 heteroatoms. The number of benzene rings is 1. The van der Waals surface area contributed by atoms with Gasteiger partial charge in [-0.1, -0.05) is 12.6 Å². The van der Waals surface area contributed by atoms with E-state index in [1.54, 1.807) is 13.0 Å². The van der Waals surface area contributed by atoms with Crippen LogP contribution in [0.2, 0.25) is 0 Å². The van der Waals surface area contributed by atoms with Gasteiger partial charge in [-0.05, 0) is 43.2 Å². The van der Waals surface area contributed by atoms with Gasteiger partial charge in [0.05, 0.1) is 16.1 Å². The lowest BCUT2D eigenvalue weighted by Crippen LogP contribution is -2.27. The fourth-order valence-corrected chi connectivity index (χ4v) is 3.28. The highest BCUT2D eigenvalue weighted by Crippen LogP contribution is 2.26. The standard InChI is InChI=1S/C18H18F3N3O3S/c1-12-3-4-15(17(25)23-10-5-13(2)18(19,20)21)16(11-12)24-28(26,27)14-6-8-22-9-7-14/h3-4,6-9,11,24H,2,5,10H2,1H3,(H,23,25). The molecular weight excluding hydrogens is 395 g/mol. The molecule has 6 nitrogen and oxygen atoms in total. The van der Waals surface area contributed by atoms with E-state index in [0.717, 1.165) is 0 Å². The minimum Gasteiger partial charge on any atom is -0.352 e. The maximum Gasteiger partial charge on any atom is 0.412 e. The summed E-state index contributed by atoms with van der Waals surface area (Å²) in [6, 6.07) is 7.03. The van der Waals surface area contributed by atoms with Crippen LogP contribution in [0.4, 0.5) is 18.9 Å². The number of carbonyl (C=O) groups excluding carboxylic acids is 1. The van der Waals surface area contributed by atoms with Crippen molar-refractivity contribution < 1.29 is 26.4 Å². The topological polar surface area (TPSA) is 88.2 Å². The Labute approximate surface area is 160 Å². The number of alkyl halides is 3. The number of carbonyl (C=O) groups is 1. The molecule has 0 bridgehead atoms. The fraction of sp³-hybridized carbons (Fsp3) is 0.222. The van der Waals surface area contributed by atoms with Crippen LogP contribution in [0.5, 0.6) is 0 Å². The maximum absolute atomic E-state index is 12.5. The summed E-state index contributed by atoms with van der Waals surface area (Å²) < 4.78 is 64.7. The van der Waals surface area contributed by atoms with Crippen LogP contribution < -0.4 is 10.0 Å². The molecule has 1 aromatic carbocycles. The summed E-state index contributed by atoms with van der Waals surface area (Å²) in [5.41, 5.74) is -0.269. The van der Waals surface area contributed by atoms with Crippen molar-refractivity contribution in [3.05, 3.63) is 66.0 Å². The van der Waals surface area contributed by atoms with Gasteiger partial charge in [0.2, 0.25) is 0 Å². The van der Waals surface area contributed by atoms with Gasteiger partial charge in [-0.25, -0.2) is 8.42 Å². The Hall–Kier alpha value is -2.88. The largest absolute Gasteiger partial charge is 0.412 e. The van der Waals surface area contributed by atoms with Crippen LogP contribution >= 0.6 is 0 Å². The second kappa shape index (κ2) is 8.42. The quantitative estimate of drug-likeness (QED) is 0.681. The summed E-state index contributed by atoms with van der Waals surface area (Å²) >= 11 is 0. The number of rotatable bonds is 7. The number of aromatic nitrogens is 1. The number of nitrogens with zero attached hydrogens (tertiary/aromatic N) is 1. The third-order valence-corrected chi connectivity index (χ3v) is 5.12. The van der Waals surface area contributed by atoms with E-state index in [4.69, 9.17) is 0 Å². The van der Waals surface area contributed by atoms with Gasteiger partial charge in [-0.3, -0.25) is 14.5 Å². The number of aryl methyl sites for hydroxylation is 1. The van der Waals surface area contributed by atoms with Crippen LogP contribution in [0.1, 0.15) is 22.3 Å². The van der Waals surface area contributed by atoms with Crippen molar-refractivity contribution in [2.75, 3.05) is 11.3 Å². The highest BCUT2D eigenvalue weighted by atomic mass is 32.2. The predicted molar refractivity (Wildman–Crippen MR) is 98.4 cm³/mol. The average molecular weight is 413 g/mol. The van der Waals surface area contributed by atoms with Crippen LogP contribution in [0.15, 0.2) is 59.8 Å². The van der Waals surface area contributed by atoms with Gasteiger partial charge in [0, 0.05) is 24.5 Å². The number of halogens is 3. The van der Waals surface area contributed by atoms with Crippen LogP contribution in [-0.2, 0) is 10.0 Å². The summed E-state index contributed by atoms with van der Waals surface area (Å²) in [5, 5.41) is 2.34. The first kappa shape index (κ1) is 21.4. The second-order valence-electron chi connectivity index (χ2n) is 5.94. The number of anilines is 1. The van der Waals surface area contributed by atoms with Gasteiger partial charge in [0.1, 0.15) is 0 Å². The van der Waals surface area contributed by atoms with E-state index < -0.39 is 34.1 Å². The maximum atomic E-state index is 12.5. The van der Waals surface area contributed by atoms with Gasteiger partial charge in [0.25, 0.3) is 15.9 Å². The molecule has 2 rings (SSSR count). The summed E-state index contributed by atoms with van der Waals surface area (Å²) in [5.74, 6) is -0.706. The first-order valence-electron chi connectivity index (χ1n) is 8.07. The molecule has 2 N–H and O–H groups in total. The Morgan fingerprint density at radius 3 is 2.43 bits per heavy atom. The van der Waals surface area contributed by atoms with E-state index >= 15 is 0 Å². The highest BCUT2D eigenvalue weighted by Gasteiger charge is 2.31. The van der Waals surface area contributed by atoms with Gasteiger partial charge < -0.3 is 5.32 Å². The first-order chi connectivity index (χ1) is 13.0. The first-order valence-corrected chi connectivity index (χ1v) is 9.55. The second-order valence-corrected chi connectivity index (χ2v) is 7.63. The van der Waals surface area contributed by atoms with Crippen molar-refractivity contribution in [1.82, 2.24) is 10.3 Å². The van der Waals surface area contributed by atoms with Gasteiger partial charge in [-0.2, -0.15) is 13.2 Å². The number of nitrogens with one attached hydrogen (secondary N) is 2. The van der Waals surface area contributed by atoms with E-state index in [1.807, 2.05) is 0 Å². The summed E-state index contributed by atoms with van der Waals surface area (Å²) in [4.78, 5) is 16.1. The monoisotopic (exact) mass is 413 g/mol. The minimum atomic E-state index is -4.53. The van der Waals surface area contributed by atoms with Gasteiger partial charge in [0.15, 0.2) is 0 Å². The molecule has 2 aromatic rings. The molecule has 0 aliphatic carbocycles. The zero-order valence-electron chi connectivity index (χ0n) is 14.9. The Morgan fingerprint density at radius 1 is 1.18 bits per heavy atom. The van der Waals surface area contributed by atoms with Crippen molar-refractivity contribution >= 4 is 21.6 Å². The molecular formula is C18H18F3N3O3S. The van der Waals surface area contributed by atoms with E-state index in [-0.39, 0.29) is 22.7 Å². The van der Waals surface area contributed by atoms with E-state index in [2.05, 4.69) is 21.6 Å². The lowest BCUT2D eigenvalue weighted by molar-refractivity contribution is -0.0934. The summed E-state index contributed by atoms with van der Waals surface area (Å²) in [7, 11) is -3.97. The lowest BCUT2D eigenvalue weighted by Gasteiger charge is -2.14. The normalized spacial score (nSPS) is 11.7. The van der Waals surface area contributed by atoms with Crippen molar-refractivity contribution in [3.8, 4) is 0 Å². The predicted octanol–water partition coefficient (Wildman–Crippen LogP) is 3.43. The van der Waals surface area contributed by atoms with E-state index in [0.29, 0.717) is 5.56 Å². The molecule has 1 heterocycles. The van der Waals surface area contributed by atoms with Crippen LogP contribution in [0.25, 0.3) is 0 Å². The Kier molecular flexibility index (Phi) is 6.45. The van der Waals surface area contributed by atoms with Crippen molar-refractivity contribution in [1.29, 1.82) is 0 Å². The van der Waals surface area contributed by atoms with Gasteiger partial charge in [-0.15, -0.1) is 0 Å². The molecule has 0 fully saturated rings. The zero-order chi connectivity index (χ0) is 20.9. The third-order valence-electron chi connectivity index (χ3n) is 3.74. The molecule has 28 heavy (non-hydrogen) atoms. The van der Waals surface area contributed by atoms with Crippen molar-refractivity contribution in [2.24, 2.45) is 0 Å². The smallest absolute Gasteiger partial charge is 0.352 e. The minimum absolute atomic E-state index is 0.0131. The SMILES string of the molecule is C=C(CCNC(=O)c1ccc(C)cc1NS(=O)(=O)c1ccncc1)C(F)(F)F. The van der Waals surface area contributed by atoms with Crippen LogP contribution in [0.3, 0.4) is 0 Å². The lowest BCUT2D eigenvalue weighted by atomic mass is 10.1. The molecule has 1 aromatic heterocycles. The molecule has 0 aliphatic rings. The fourth-order valence-electron chi connectivity index (χ4n) is 2.23.